The minimum atomic E-state index is -1.32. The number of carbonyl (C=O) groups is 3. The summed E-state index contributed by atoms with van der Waals surface area (Å²) < 4.78 is 9.95. The Morgan fingerprint density at radius 2 is 1.65 bits per heavy atom. The zero-order chi connectivity index (χ0) is 18.5. The molecule has 0 saturated heterocycles. The summed E-state index contributed by atoms with van der Waals surface area (Å²) in [5.74, 6) is -2.01. The maximum absolute atomic E-state index is 12.7. The predicted octanol–water partition coefficient (Wildman–Crippen LogP) is 2.01. The number of ketones is 1. The van der Waals surface area contributed by atoms with Crippen LogP contribution in [0.5, 0.6) is 0 Å². The number of methoxy groups -OCH3 is 1. The van der Waals surface area contributed by atoms with Crippen molar-refractivity contribution in [2.45, 2.75) is 12.6 Å². The van der Waals surface area contributed by atoms with Gasteiger partial charge in [-0.15, -0.1) is 0 Å². The van der Waals surface area contributed by atoms with Gasteiger partial charge in [0.15, 0.2) is 6.10 Å². The third-order valence-electron chi connectivity index (χ3n) is 3.97. The molecule has 132 valence electrons. The van der Waals surface area contributed by atoms with Gasteiger partial charge < -0.3 is 14.8 Å². The molecule has 0 aliphatic carbocycles. The number of carbonyl (C=O) groups excluding carboxylic acids is 3. The second kappa shape index (κ2) is 7.65. The number of cyclic esters (lactones) is 1. The number of nitrogens with one attached hydrogen (secondary N) is 1. The Kier molecular flexibility index (Phi) is 5.12. The van der Waals surface area contributed by atoms with E-state index in [0.717, 1.165) is 5.56 Å². The average Bonchev–Trinajstić information content (AvgIpc) is 3.03. The lowest BCUT2D eigenvalue weighted by Crippen LogP contribution is -2.28. The summed E-state index contributed by atoms with van der Waals surface area (Å²) in [6, 6.07) is 17.7. The standard InChI is InChI=1S/C20H17NO5/c1-25-19(23)15-16(21-12-13-8-4-2-5-9-13)20(24)26-18(15)17(22)14-10-6-3-7-11-14/h2-11,18,21H,12H2,1H3. The molecule has 2 aromatic carbocycles. The van der Waals surface area contributed by atoms with Crippen molar-refractivity contribution in [1.82, 2.24) is 5.32 Å². The molecule has 26 heavy (non-hydrogen) atoms. The van der Waals surface area contributed by atoms with Crippen LogP contribution in [0.2, 0.25) is 0 Å². The highest BCUT2D eigenvalue weighted by atomic mass is 16.6. The van der Waals surface area contributed by atoms with E-state index in [4.69, 9.17) is 9.47 Å². The molecular weight excluding hydrogens is 334 g/mol. The van der Waals surface area contributed by atoms with Gasteiger partial charge in [-0.05, 0) is 5.56 Å². The minimum absolute atomic E-state index is 0.0463. The molecule has 1 atom stereocenters. The maximum atomic E-state index is 12.7. The molecule has 0 saturated carbocycles. The number of hydrogen-bond donors (Lipinski definition) is 1. The van der Waals surface area contributed by atoms with Gasteiger partial charge in [-0.2, -0.15) is 0 Å². The van der Waals surface area contributed by atoms with Crippen LogP contribution in [0.4, 0.5) is 0 Å². The molecule has 2 aromatic rings. The molecule has 0 spiro atoms. The first-order chi connectivity index (χ1) is 12.6. The van der Waals surface area contributed by atoms with Gasteiger partial charge in [-0.1, -0.05) is 60.7 Å². The second-order valence-corrected chi connectivity index (χ2v) is 5.64. The lowest BCUT2D eigenvalue weighted by Gasteiger charge is -2.11. The molecule has 1 aliphatic rings. The Morgan fingerprint density at radius 1 is 1.04 bits per heavy atom. The molecule has 1 unspecified atom stereocenters. The predicted molar refractivity (Wildman–Crippen MR) is 93.0 cm³/mol. The SMILES string of the molecule is COC(=O)C1=C(NCc2ccccc2)C(=O)OC1C(=O)c1ccccc1. The van der Waals surface area contributed by atoms with E-state index in [0.29, 0.717) is 12.1 Å². The first kappa shape index (κ1) is 17.4. The number of rotatable bonds is 6. The minimum Gasteiger partial charge on any atom is -0.465 e. The number of Topliss-reactive ketones (excluding diaryl/α,β-unsaturated/α-hetero) is 1. The van der Waals surface area contributed by atoms with Crippen molar-refractivity contribution in [3.63, 3.8) is 0 Å². The van der Waals surface area contributed by atoms with Gasteiger partial charge >= 0.3 is 11.9 Å². The van der Waals surface area contributed by atoms with Gasteiger partial charge in [0.25, 0.3) is 0 Å². The number of benzene rings is 2. The summed E-state index contributed by atoms with van der Waals surface area (Å²) in [6.45, 7) is 0.304. The maximum Gasteiger partial charge on any atom is 0.356 e. The summed E-state index contributed by atoms with van der Waals surface area (Å²) in [7, 11) is 1.19. The molecule has 1 aliphatic heterocycles. The van der Waals surface area contributed by atoms with E-state index >= 15 is 0 Å². The summed E-state index contributed by atoms with van der Waals surface area (Å²) in [4.78, 5) is 37.2. The summed E-state index contributed by atoms with van der Waals surface area (Å²) in [5.41, 5.74) is 1.10. The first-order valence-electron chi connectivity index (χ1n) is 8.02. The average molecular weight is 351 g/mol. The van der Waals surface area contributed by atoms with E-state index < -0.39 is 23.8 Å². The lowest BCUT2D eigenvalue weighted by molar-refractivity contribution is -0.139. The zero-order valence-electron chi connectivity index (χ0n) is 14.1. The second-order valence-electron chi connectivity index (χ2n) is 5.64. The van der Waals surface area contributed by atoms with Crippen LogP contribution in [0.25, 0.3) is 0 Å². The van der Waals surface area contributed by atoms with E-state index in [1.807, 2.05) is 30.3 Å². The number of ether oxygens (including phenoxy) is 2. The van der Waals surface area contributed by atoms with Crippen LogP contribution in [0.15, 0.2) is 71.9 Å². The molecule has 1 heterocycles. The molecule has 0 bridgehead atoms. The van der Waals surface area contributed by atoms with E-state index in [2.05, 4.69) is 5.32 Å². The van der Waals surface area contributed by atoms with Gasteiger partial charge in [0.05, 0.1) is 7.11 Å². The molecule has 0 aromatic heterocycles. The van der Waals surface area contributed by atoms with Gasteiger partial charge in [0.1, 0.15) is 11.3 Å². The summed E-state index contributed by atoms with van der Waals surface area (Å²) >= 11 is 0. The van der Waals surface area contributed by atoms with Gasteiger partial charge in [0, 0.05) is 12.1 Å². The van der Waals surface area contributed by atoms with Crippen molar-refractivity contribution in [2.75, 3.05) is 7.11 Å². The molecular formula is C20H17NO5. The highest BCUT2D eigenvalue weighted by Crippen LogP contribution is 2.26. The summed E-state index contributed by atoms with van der Waals surface area (Å²) in [6.07, 6.45) is -1.32. The van der Waals surface area contributed by atoms with Crippen molar-refractivity contribution in [2.24, 2.45) is 0 Å². The normalized spacial score (nSPS) is 16.2. The third kappa shape index (κ3) is 3.49. The number of esters is 2. The Labute approximate surface area is 150 Å². The van der Waals surface area contributed by atoms with E-state index in [9.17, 15) is 14.4 Å². The van der Waals surface area contributed by atoms with E-state index in [1.54, 1.807) is 30.3 Å². The fourth-order valence-electron chi connectivity index (χ4n) is 2.68. The van der Waals surface area contributed by atoms with Crippen LogP contribution in [0.3, 0.4) is 0 Å². The molecule has 6 heteroatoms. The van der Waals surface area contributed by atoms with Crippen LogP contribution >= 0.6 is 0 Å². The Balaban J connectivity index is 1.91. The van der Waals surface area contributed by atoms with Crippen molar-refractivity contribution < 1.29 is 23.9 Å². The lowest BCUT2D eigenvalue weighted by atomic mass is 10.00. The van der Waals surface area contributed by atoms with Crippen LogP contribution < -0.4 is 5.32 Å². The molecule has 6 nitrogen and oxygen atoms in total. The smallest absolute Gasteiger partial charge is 0.356 e. The van der Waals surface area contributed by atoms with Gasteiger partial charge in [-0.3, -0.25) is 4.79 Å². The molecule has 0 amide bonds. The quantitative estimate of drug-likeness (QED) is 0.633. The van der Waals surface area contributed by atoms with Crippen LogP contribution in [-0.4, -0.2) is 30.9 Å². The molecule has 0 fully saturated rings. The third-order valence-corrected chi connectivity index (χ3v) is 3.97. The number of hydrogen-bond acceptors (Lipinski definition) is 6. The highest BCUT2D eigenvalue weighted by molar-refractivity contribution is 6.14. The fourth-order valence-corrected chi connectivity index (χ4v) is 2.68. The Hall–Kier alpha value is -3.41. The highest BCUT2D eigenvalue weighted by Gasteiger charge is 2.43. The van der Waals surface area contributed by atoms with Crippen LogP contribution in [0, 0.1) is 0 Å². The molecule has 1 N–H and O–H groups in total. The molecule has 3 rings (SSSR count). The van der Waals surface area contributed by atoms with Crippen molar-refractivity contribution in [1.29, 1.82) is 0 Å². The van der Waals surface area contributed by atoms with Gasteiger partial charge in [-0.25, -0.2) is 9.59 Å². The van der Waals surface area contributed by atoms with Crippen molar-refractivity contribution in [3.05, 3.63) is 83.1 Å². The van der Waals surface area contributed by atoms with Crippen molar-refractivity contribution >= 4 is 17.7 Å². The topological polar surface area (TPSA) is 81.7 Å². The molecule has 0 radical (unpaired) electrons. The summed E-state index contributed by atoms with van der Waals surface area (Å²) in [5, 5.41) is 2.90. The van der Waals surface area contributed by atoms with E-state index in [1.165, 1.54) is 7.11 Å². The zero-order valence-corrected chi connectivity index (χ0v) is 14.1. The van der Waals surface area contributed by atoms with Crippen LogP contribution in [-0.2, 0) is 25.6 Å². The monoisotopic (exact) mass is 351 g/mol. The fraction of sp³-hybridized carbons (Fsp3) is 0.150. The van der Waals surface area contributed by atoms with Gasteiger partial charge in [0.2, 0.25) is 5.78 Å². The van der Waals surface area contributed by atoms with E-state index in [-0.39, 0.29) is 11.3 Å². The Bertz CT molecular complexity index is 858. The van der Waals surface area contributed by atoms with Crippen LogP contribution in [0.1, 0.15) is 15.9 Å². The Morgan fingerprint density at radius 3 is 2.27 bits per heavy atom. The van der Waals surface area contributed by atoms with Crippen molar-refractivity contribution in [3.8, 4) is 0 Å². The first-order valence-corrected chi connectivity index (χ1v) is 8.02. The largest absolute Gasteiger partial charge is 0.465 e.